The van der Waals surface area contributed by atoms with Crippen molar-refractivity contribution in [2.45, 2.75) is 6.92 Å². The van der Waals surface area contributed by atoms with Crippen LogP contribution >= 0.6 is 0 Å². The molecule has 0 bridgehead atoms. The summed E-state index contributed by atoms with van der Waals surface area (Å²) < 4.78 is 5.30. The standard InChI is InChI=1S/C12H15NO2/c1-3-9-15-11-7-5-10(6-8-11)12(14)13-4-2/h3,5-8H,1,4,9H2,2H3,(H,13,14). The number of rotatable bonds is 5. The normalized spacial score (nSPS) is 9.40. The van der Waals surface area contributed by atoms with Gasteiger partial charge < -0.3 is 10.1 Å². The Morgan fingerprint density at radius 1 is 1.47 bits per heavy atom. The number of nitrogens with one attached hydrogen (secondary N) is 1. The summed E-state index contributed by atoms with van der Waals surface area (Å²) in [7, 11) is 0. The van der Waals surface area contributed by atoms with Crippen LogP contribution in [0.2, 0.25) is 0 Å². The van der Waals surface area contributed by atoms with Crippen LogP contribution in [0.25, 0.3) is 0 Å². The fraction of sp³-hybridized carbons (Fsp3) is 0.250. The van der Waals surface area contributed by atoms with E-state index in [1.54, 1.807) is 30.3 Å². The second-order valence-electron chi connectivity index (χ2n) is 2.98. The molecule has 1 amide bonds. The Labute approximate surface area is 89.8 Å². The van der Waals surface area contributed by atoms with Crippen LogP contribution in [0.15, 0.2) is 36.9 Å². The monoisotopic (exact) mass is 205 g/mol. The maximum atomic E-state index is 11.4. The van der Waals surface area contributed by atoms with E-state index in [1.807, 2.05) is 6.92 Å². The summed E-state index contributed by atoms with van der Waals surface area (Å²) in [5.74, 6) is 0.677. The van der Waals surface area contributed by atoms with Crippen LogP contribution in [0, 0.1) is 0 Å². The molecule has 1 rings (SSSR count). The van der Waals surface area contributed by atoms with Gasteiger partial charge in [0.1, 0.15) is 12.4 Å². The zero-order chi connectivity index (χ0) is 11.1. The average Bonchev–Trinajstić information content (AvgIpc) is 2.27. The van der Waals surface area contributed by atoms with Gasteiger partial charge >= 0.3 is 0 Å². The maximum Gasteiger partial charge on any atom is 0.251 e. The van der Waals surface area contributed by atoms with Gasteiger partial charge in [0.2, 0.25) is 0 Å². The van der Waals surface area contributed by atoms with Crippen molar-refractivity contribution >= 4 is 5.91 Å². The molecule has 0 aliphatic rings. The van der Waals surface area contributed by atoms with E-state index in [0.717, 1.165) is 5.75 Å². The third kappa shape index (κ3) is 3.46. The molecule has 15 heavy (non-hydrogen) atoms. The molecule has 3 heteroatoms. The van der Waals surface area contributed by atoms with Crippen molar-refractivity contribution < 1.29 is 9.53 Å². The summed E-state index contributed by atoms with van der Waals surface area (Å²) >= 11 is 0. The zero-order valence-electron chi connectivity index (χ0n) is 8.82. The molecule has 1 N–H and O–H groups in total. The molecule has 0 fully saturated rings. The summed E-state index contributed by atoms with van der Waals surface area (Å²) in [6.45, 7) is 6.55. The number of amides is 1. The van der Waals surface area contributed by atoms with Gasteiger partial charge in [-0.1, -0.05) is 12.7 Å². The first-order chi connectivity index (χ1) is 7.27. The lowest BCUT2D eigenvalue weighted by atomic mass is 10.2. The number of carbonyl (C=O) groups is 1. The SMILES string of the molecule is C=CCOc1ccc(C(=O)NCC)cc1. The van der Waals surface area contributed by atoms with Crippen LogP contribution < -0.4 is 10.1 Å². The van der Waals surface area contributed by atoms with E-state index in [-0.39, 0.29) is 5.91 Å². The van der Waals surface area contributed by atoms with E-state index >= 15 is 0 Å². The van der Waals surface area contributed by atoms with E-state index in [1.165, 1.54) is 0 Å². The minimum Gasteiger partial charge on any atom is -0.490 e. The molecule has 0 saturated heterocycles. The molecule has 80 valence electrons. The van der Waals surface area contributed by atoms with Gasteiger partial charge in [-0.05, 0) is 31.2 Å². The number of ether oxygens (including phenoxy) is 1. The fourth-order valence-electron chi connectivity index (χ4n) is 1.12. The predicted octanol–water partition coefficient (Wildman–Crippen LogP) is 2.00. The van der Waals surface area contributed by atoms with E-state index in [2.05, 4.69) is 11.9 Å². The summed E-state index contributed by atoms with van der Waals surface area (Å²) in [5.41, 5.74) is 0.641. The summed E-state index contributed by atoms with van der Waals surface area (Å²) in [6, 6.07) is 7.02. The Kier molecular flexibility index (Phi) is 4.41. The lowest BCUT2D eigenvalue weighted by Gasteiger charge is -2.05. The van der Waals surface area contributed by atoms with Crippen LogP contribution in [-0.4, -0.2) is 19.1 Å². The zero-order valence-corrected chi connectivity index (χ0v) is 8.82. The minimum absolute atomic E-state index is 0.0622. The van der Waals surface area contributed by atoms with Crippen molar-refractivity contribution in [2.24, 2.45) is 0 Å². The molecule has 1 aromatic carbocycles. The molecule has 0 atom stereocenters. The van der Waals surface area contributed by atoms with Crippen molar-refractivity contribution in [3.05, 3.63) is 42.5 Å². The highest BCUT2D eigenvalue weighted by molar-refractivity contribution is 5.94. The van der Waals surface area contributed by atoms with E-state index in [9.17, 15) is 4.79 Å². The largest absolute Gasteiger partial charge is 0.490 e. The molecule has 0 unspecified atom stereocenters. The van der Waals surface area contributed by atoms with Gasteiger partial charge in [0.15, 0.2) is 0 Å². The highest BCUT2D eigenvalue weighted by atomic mass is 16.5. The maximum absolute atomic E-state index is 11.4. The summed E-state index contributed by atoms with van der Waals surface area (Å²) in [6.07, 6.45) is 1.68. The molecule has 0 radical (unpaired) electrons. The fourth-order valence-corrected chi connectivity index (χ4v) is 1.12. The van der Waals surface area contributed by atoms with Crippen LogP contribution in [0.3, 0.4) is 0 Å². The molecule has 0 aliphatic heterocycles. The minimum atomic E-state index is -0.0622. The van der Waals surface area contributed by atoms with Crippen LogP contribution in [0.1, 0.15) is 17.3 Å². The van der Waals surface area contributed by atoms with Gasteiger partial charge in [-0.3, -0.25) is 4.79 Å². The number of carbonyl (C=O) groups excluding carboxylic acids is 1. The Bertz CT molecular complexity index is 330. The van der Waals surface area contributed by atoms with Crippen molar-refractivity contribution in [3.8, 4) is 5.75 Å². The number of benzene rings is 1. The van der Waals surface area contributed by atoms with Gasteiger partial charge in [-0.2, -0.15) is 0 Å². The number of hydrogen-bond acceptors (Lipinski definition) is 2. The predicted molar refractivity (Wildman–Crippen MR) is 60.1 cm³/mol. The lowest BCUT2D eigenvalue weighted by molar-refractivity contribution is 0.0956. The van der Waals surface area contributed by atoms with Gasteiger partial charge in [0, 0.05) is 12.1 Å². The molecule has 0 aromatic heterocycles. The molecule has 0 spiro atoms. The molecular weight excluding hydrogens is 190 g/mol. The quantitative estimate of drug-likeness (QED) is 0.747. The first-order valence-corrected chi connectivity index (χ1v) is 4.90. The van der Waals surface area contributed by atoms with E-state index < -0.39 is 0 Å². The van der Waals surface area contributed by atoms with Crippen molar-refractivity contribution in [3.63, 3.8) is 0 Å². The number of hydrogen-bond donors (Lipinski definition) is 1. The average molecular weight is 205 g/mol. The first-order valence-electron chi connectivity index (χ1n) is 4.90. The molecule has 0 saturated carbocycles. The smallest absolute Gasteiger partial charge is 0.251 e. The Morgan fingerprint density at radius 2 is 2.13 bits per heavy atom. The summed E-state index contributed by atoms with van der Waals surface area (Å²) in [4.78, 5) is 11.4. The van der Waals surface area contributed by atoms with Crippen molar-refractivity contribution in [1.29, 1.82) is 0 Å². The lowest BCUT2D eigenvalue weighted by Crippen LogP contribution is -2.22. The van der Waals surface area contributed by atoms with Gasteiger partial charge in [-0.15, -0.1) is 0 Å². The Hall–Kier alpha value is -1.77. The third-order valence-electron chi connectivity index (χ3n) is 1.82. The van der Waals surface area contributed by atoms with Crippen molar-refractivity contribution in [1.82, 2.24) is 5.32 Å². The Morgan fingerprint density at radius 3 is 2.67 bits per heavy atom. The van der Waals surface area contributed by atoms with Crippen molar-refractivity contribution in [2.75, 3.05) is 13.2 Å². The van der Waals surface area contributed by atoms with Gasteiger partial charge in [0.25, 0.3) is 5.91 Å². The van der Waals surface area contributed by atoms with Crippen LogP contribution in [0.4, 0.5) is 0 Å². The Balaban J connectivity index is 2.63. The first kappa shape index (κ1) is 11.3. The van der Waals surface area contributed by atoms with E-state index in [4.69, 9.17) is 4.74 Å². The third-order valence-corrected chi connectivity index (χ3v) is 1.82. The molecule has 0 aliphatic carbocycles. The molecule has 3 nitrogen and oxygen atoms in total. The van der Waals surface area contributed by atoms with Crippen LogP contribution in [0.5, 0.6) is 5.75 Å². The molecule has 1 aromatic rings. The van der Waals surface area contributed by atoms with Gasteiger partial charge in [-0.25, -0.2) is 0 Å². The second-order valence-corrected chi connectivity index (χ2v) is 2.98. The van der Waals surface area contributed by atoms with E-state index in [0.29, 0.717) is 18.7 Å². The molecule has 0 heterocycles. The highest BCUT2D eigenvalue weighted by Crippen LogP contribution is 2.11. The topological polar surface area (TPSA) is 38.3 Å². The summed E-state index contributed by atoms with van der Waals surface area (Å²) in [5, 5.41) is 2.73. The highest BCUT2D eigenvalue weighted by Gasteiger charge is 2.02. The second kappa shape index (κ2) is 5.86. The molecular formula is C12H15NO2. The van der Waals surface area contributed by atoms with Gasteiger partial charge in [0.05, 0.1) is 0 Å². The van der Waals surface area contributed by atoms with Crippen LogP contribution in [-0.2, 0) is 0 Å².